The predicted octanol–water partition coefficient (Wildman–Crippen LogP) is 4.82. The number of aryl methyl sites for hydroxylation is 1. The van der Waals surface area contributed by atoms with Crippen LogP contribution in [0.1, 0.15) is 28.4 Å². The number of ether oxygens (including phenoxy) is 3. The van der Waals surface area contributed by atoms with E-state index in [9.17, 15) is 18.3 Å². The molecule has 5 nitrogen and oxygen atoms in total. The first-order valence-electron chi connectivity index (χ1n) is 7.47. The lowest BCUT2D eigenvalue weighted by atomic mass is 9.93. The summed E-state index contributed by atoms with van der Waals surface area (Å²) in [6, 6.07) is 2.11. The molecule has 2 rings (SSSR count). The zero-order valence-electron chi connectivity index (χ0n) is 14.7. The van der Waals surface area contributed by atoms with Crippen LogP contribution in [0.3, 0.4) is 0 Å². The Kier molecular flexibility index (Phi) is 6.34. The van der Waals surface area contributed by atoms with Gasteiger partial charge in [-0.1, -0.05) is 23.2 Å². The number of halogens is 5. The van der Waals surface area contributed by atoms with Gasteiger partial charge in [0, 0.05) is 11.1 Å². The van der Waals surface area contributed by atoms with Gasteiger partial charge >= 0.3 is 6.18 Å². The van der Waals surface area contributed by atoms with E-state index in [4.69, 9.17) is 37.4 Å². The van der Waals surface area contributed by atoms with E-state index in [0.717, 1.165) is 0 Å². The van der Waals surface area contributed by atoms with Crippen LogP contribution in [-0.2, 0) is 6.18 Å². The van der Waals surface area contributed by atoms with E-state index in [1.165, 1.54) is 27.4 Å². The summed E-state index contributed by atoms with van der Waals surface area (Å²) in [4.78, 5) is 3.63. The highest BCUT2D eigenvalue weighted by molar-refractivity contribution is 6.33. The summed E-state index contributed by atoms with van der Waals surface area (Å²) in [5.41, 5.74) is -1.40. The topological polar surface area (TPSA) is 60.8 Å². The number of aromatic nitrogens is 1. The van der Waals surface area contributed by atoms with Crippen molar-refractivity contribution in [3.8, 4) is 17.2 Å². The molecule has 0 fully saturated rings. The van der Waals surface area contributed by atoms with Crippen molar-refractivity contribution in [3.05, 3.63) is 44.7 Å². The standard InChI is InChI=1S/C17H16Cl2F3NO4/c1-7-5-9(25-2)14(26-3)15(27-4)11(7)13(24)12-8(17(20,21)22)6-10(18)23-16(12)19/h5-6,13,24H,1-4H3. The van der Waals surface area contributed by atoms with Crippen LogP contribution in [0.25, 0.3) is 0 Å². The summed E-state index contributed by atoms with van der Waals surface area (Å²) < 4.78 is 56.2. The third-order valence-corrected chi connectivity index (χ3v) is 4.39. The Morgan fingerprint density at radius 3 is 2.07 bits per heavy atom. The number of alkyl halides is 3. The van der Waals surface area contributed by atoms with Crippen molar-refractivity contribution in [1.29, 1.82) is 0 Å². The minimum atomic E-state index is -4.82. The van der Waals surface area contributed by atoms with Gasteiger partial charge in [0.05, 0.1) is 26.9 Å². The van der Waals surface area contributed by atoms with Crippen LogP contribution in [0, 0.1) is 6.92 Å². The van der Waals surface area contributed by atoms with Crippen molar-refractivity contribution >= 4 is 23.2 Å². The third kappa shape index (κ3) is 4.02. The highest BCUT2D eigenvalue weighted by Crippen LogP contribution is 2.48. The lowest BCUT2D eigenvalue weighted by Gasteiger charge is -2.24. The van der Waals surface area contributed by atoms with E-state index < -0.39 is 33.7 Å². The largest absolute Gasteiger partial charge is 0.493 e. The zero-order valence-corrected chi connectivity index (χ0v) is 16.3. The number of benzene rings is 1. The van der Waals surface area contributed by atoms with Crippen LogP contribution in [0.2, 0.25) is 10.3 Å². The maximum Gasteiger partial charge on any atom is 0.417 e. The summed E-state index contributed by atoms with van der Waals surface area (Å²) in [6.07, 6.45) is -6.63. The Morgan fingerprint density at radius 2 is 1.59 bits per heavy atom. The van der Waals surface area contributed by atoms with Crippen LogP contribution >= 0.6 is 23.2 Å². The molecule has 0 aliphatic carbocycles. The van der Waals surface area contributed by atoms with Crippen molar-refractivity contribution in [1.82, 2.24) is 4.98 Å². The number of rotatable bonds is 5. The number of nitrogens with zero attached hydrogens (tertiary/aromatic N) is 1. The van der Waals surface area contributed by atoms with Crippen molar-refractivity contribution in [2.45, 2.75) is 19.2 Å². The maximum absolute atomic E-state index is 13.5. The third-order valence-electron chi connectivity index (χ3n) is 3.91. The average molecular weight is 426 g/mol. The highest BCUT2D eigenvalue weighted by atomic mass is 35.5. The van der Waals surface area contributed by atoms with Gasteiger partial charge in [0.1, 0.15) is 16.4 Å². The fourth-order valence-corrected chi connectivity index (χ4v) is 3.31. The fourth-order valence-electron chi connectivity index (χ4n) is 2.77. The molecule has 0 spiro atoms. The van der Waals surface area contributed by atoms with Crippen LogP contribution in [-0.4, -0.2) is 31.4 Å². The number of pyridine rings is 1. The van der Waals surface area contributed by atoms with E-state index >= 15 is 0 Å². The van der Waals surface area contributed by atoms with E-state index in [0.29, 0.717) is 17.4 Å². The van der Waals surface area contributed by atoms with E-state index in [1.807, 2.05) is 0 Å². The molecule has 0 radical (unpaired) electrons. The molecule has 1 unspecified atom stereocenters. The molecule has 0 saturated heterocycles. The van der Waals surface area contributed by atoms with Gasteiger partial charge in [-0.2, -0.15) is 13.2 Å². The normalized spacial score (nSPS) is 12.7. The van der Waals surface area contributed by atoms with Gasteiger partial charge in [0.15, 0.2) is 11.5 Å². The van der Waals surface area contributed by atoms with Gasteiger partial charge in [0.2, 0.25) is 5.75 Å². The molecule has 0 amide bonds. The summed E-state index contributed by atoms with van der Waals surface area (Å²) >= 11 is 11.5. The maximum atomic E-state index is 13.5. The summed E-state index contributed by atoms with van der Waals surface area (Å²) in [5, 5.41) is 9.82. The van der Waals surface area contributed by atoms with Crippen molar-refractivity contribution in [3.63, 3.8) is 0 Å². The van der Waals surface area contributed by atoms with Gasteiger partial charge in [-0.3, -0.25) is 0 Å². The van der Waals surface area contributed by atoms with Crippen LogP contribution in [0.15, 0.2) is 12.1 Å². The lowest BCUT2D eigenvalue weighted by molar-refractivity contribution is -0.139. The van der Waals surface area contributed by atoms with E-state index in [-0.39, 0.29) is 17.1 Å². The molecule has 148 valence electrons. The Labute approximate surface area is 163 Å². The molecule has 27 heavy (non-hydrogen) atoms. The van der Waals surface area contributed by atoms with Gasteiger partial charge in [-0.25, -0.2) is 4.98 Å². The SMILES string of the molecule is COc1cc(C)c(C(O)c2c(C(F)(F)F)cc(Cl)nc2Cl)c(OC)c1OC. The van der Waals surface area contributed by atoms with Gasteiger partial charge < -0.3 is 19.3 Å². The monoisotopic (exact) mass is 425 g/mol. The molecule has 1 aromatic heterocycles. The quantitative estimate of drug-likeness (QED) is 0.695. The van der Waals surface area contributed by atoms with E-state index in [1.54, 1.807) is 6.92 Å². The Hall–Kier alpha value is -1.90. The molecular formula is C17H16Cl2F3NO4. The number of aliphatic hydroxyl groups is 1. The molecule has 1 atom stereocenters. The summed E-state index contributed by atoms with van der Waals surface area (Å²) in [7, 11) is 4.03. The minimum absolute atomic E-state index is 0.0148. The first-order chi connectivity index (χ1) is 12.6. The fraction of sp³-hybridized carbons (Fsp3) is 0.353. The summed E-state index contributed by atoms with van der Waals surface area (Å²) in [5.74, 6) is 0.423. The van der Waals surface area contributed by atoms with Crippen molar-refractivity contribution in [2.24, 2.45) is 0 Å². The first kappa shape index (κ1) is 21.4. The summed E-state index contributed by atoms with van der Waals surface area (Å²) in [6.45, 7) is 1.58. The number of methoxy groups -OCH3 is 3. The lowest BCUT2D eigenvalue weighted by Crippen LogP contribution is -2.16. The van der Waals surface area contributed by atoms with E-state index in [2.05, 4.69) is 4.98 Å². The minimum Gasteiger partial charge on any atom is -0.493 e. The Bertz CT molecular complexity index is 859. The Balaban J connectivity index is 2.82. The average Bonchev–Trinajstić information content (AvgIpc) is 2.58. The molecule has 1 heterocycles. The van der Waals surface area contributed by atoms with Crippen molar-refractivity contribution in [2.75, 3.05) is 21.3 Å². The smallest absolute Gasteiger partial charge is 0.417 e. The first-order valence-corrected chi connectivity index (χ1v) is 8.23. The predicted molar refractivity (Wildman–Crippen MR) is 94.2 cm³/mol. The van der Waals surface area contributed by atoms with Crippen LogP contribution in [0.4, 0.5) is 13.2 Å². The molecule has 10 heteroatoms. The number of aliphatic hydroxyl groups excluding tert-OH is 1. The molecule has 0 saturated carbocycles. The molecule has 1 aromatic carbocycles. The second-order valence-corrected chi connectivity index (χ2v) is 6.22. The number of hydrogen-bond acceptors (Lipinski definition) is 5. The van der Waals surface area contributed by atoms with Gasteiger partial charge in [-0.05, 0) is 24.6 Å². The second kappa shape index (κ2) is 8.00. The Morgan fingerprint density at radius 1 is 1.00 bits per heavy atom. The second-order valence-electron chi connectivity index (χ2n) is 5.47. The van der Waals surface area contributed by atoms with Gasteiger partial charge in [-0.15, -0.1) is 0 Å². The number of hydrogen-bond donors (Lipinski definition) is 1. The van der Waals surface area contributed by atoms with Crippen LogP contribution < -0.4 is 14.2 Å². The molecule has 0 aliphatic heterocycles. The molecule has 1 N–H and O–H groups in total. The highest BCUT2D eigenvalue weighted by Gasteiger charge is 2.39. The zero-order chi connectivity index (χ0) is 20.5. The molecular weight excluding hydrogens is 410 g/mol. The molecule has 0 bridgehead atoms. The van der Waals surface area contributed by atoms with Crippen LogP contribution in [0.5, 0.6) is 17.2 Å². The molecule has 0 aliphatic rings. The molecule has 2 aromatic rings. The van der Waals surface area contributed by atoms with Gasteiger partial charge in [0.25, 0.3) is 0 Å². The van der Waals surface area contributed by atoms with Crippen molar-refractivity contribution < 1.29 is 32.5 Å².